The van der Waals surface area contributed by atoms with E-state index in [1.807, 2.05) is 0 Å². The number of benzene rings is 1. The summed E-state index contributed by atoms with van der Waals surface area (Å²) in [5.41, 5.74) is 0.162. The van der Waals surface area contributed by atoms with Crippen LogP contribution < -0.4 is 10.1 Å². The van der Waals surface area contributed by atoms with Crippen LogP contribution in [0.2, 0.25) is 5.02 Å². The molecule has 1 heterocycles. The van der Waals surface area contributed by atoms with Gasteiger partial charge in [-0.15, -0.1) is 0 Å². The van der Waals surface area contributed by atoms with E-state index in [2.05, 4.69) is 10.3 Å². The van der Waals surface area contributed by atoms with E-state index in [-0.39, 0.29) is 16.9 Å². The molecule has 2 aromatic rings. The first-order valence-electron chi connectivity index (χ1n) is 5.85. The standard InChI is InChI=1S/C14H11ClN2O4/c1-21-9-2-3-11(10(7-9)14(19)20)17-13(18)12-6-8(15)4-5-16-12/h2-7H,1H3,(H,17,18)(H,19,20). The number of carbonyl (C=O) groups excluding carboxylic acids is 1. The van der Waals surface area contributed by atoms with E-state index >= 15 is 0 Å². The quantitative estimate of drug-likeness (QED) is 0.906. The minimum absolute atomic E-state index is 0.0790. The van der Waals surface area contributed by atoms with Crippen molar-refractivity contribution in [1.82, 2.24) is 4.98 Å². The molecule has 0 unspecified atom stereocenters. The molecule has 2 N–H and O–H groups in total. The minimum Gasteiger partial charge on any atom is -0.497 e. The number of amides is 1. The number of carboxylic acids is 1. The Morgan fingerprint density at radius 1 is 1.29 bits per heavy atom. The molecule has 6 nitrogen and oxygen atoms in total. The van der Waals surface area contributed by atoms with Gasteiger partial charge in [0.25, 0.3) is 5.91 Å². The molecule has 1 aromatic heterocycles. The molecule has 0 fully saturated rings. The lowest BCUT2D eigenvalue weighted by atomic mass is 10.1. The lowest BCUT2D eigenvalue weighted by molar-refractivity contribution is 0.0697. The van der Waals surface area contributed by atoms with Gasteiger partial charge in [-0.1, -0.05) is 11.6 Å². The number of carboxylic acid groups (broad SMARTS) is 1. The second-order valence-corrected chi connectivity index (χ2v) is 4.47. The number of rotatable bonds is 4. The fourth-order valence-corrected chi connectivity index (χ4v) is 1.81. The maximum Gasteiger partial charge on any atom is 0.337 e. The molecule has 0 aliphatic rings. The highest BCUT2D eigenvalue weighted by Gasteiger charge is 2.15. The summed E-state index contributed by atoms with van der Waals surface area (Å²) in [6.07, 6.45) is 1.39. The van der Waals surface area contributed by atoms with Crippen LogP contribution in [0.15, 0.2) is 36.5 Å². The molecule has 1 aromatic carbocycles. The van der Waals surface area contributed by atoms with Crippen molar-refractivity contribution in [3.8, 4) is 5.75 Å². The summed E-state index contributed by atoms with van der Waals surface area (Å²) in [6.45, 7) is 0. The number of hydrogen-bond acceptors (Lipinski definition) is 4. The Morgan fingerprint density at radius 3 is 2.67 bits per heavy atom. The summed E-state index contributed by atoms with van der Waals surface area (Å²) in [5.74, 6) is -1.35. The van der Waals surface area contributed by atoms with Gasteiger partial charge < -0.3 is 15.2 Å². The summed E-state index contributed by atoms with van der Waals surface area (Å²) < 4.78 is 4.96. The van der Waals surface area contributed by atoms with E-state index < -0.39 is 11.9 Å². The zero-order valence-corrected chi connectivity index (χ0v) is 11.7. The van der Waals surface area contributed by atoms with E-state index in [9.17, 15) is 9.59 Å². The third-order valence-electron chi connectivity index (χ3n) is 2.66. The first-order chi connectivity index (χ1) is 10.0. The van der Waals surface area contributed by atoms with Crippen LogP contribution in [-0.4, -0.2) is 29.1 Å². The van der Waals surface area contributed by atoms with Crippen molar-refractivity contribution in [2.45, 2.75) is 0 Å². The molecule has 21 heavy (non-hydrogen) atoms. The Balaban J connectivity index is 2.31. The molecule has 0 aliphatic carbocycles. The predicted molar refractivity (Wildman–Crippen MR) is 77.2 cm³/mol. The number of pyridine rings is 1. The highest BCUT2D eigenvalue weighted by molar-refractivity contribution is 6.31. The number of aromatic carboxylic acids is 1. The van der Waals surface area contributed by atoms with E-state index in [0.29, 0.717) is 10.8 Å². The Bertz CT molecular complexity index is 703. The van der Waals surface area contributed by atoms with E-state index in [0.717, 1.165) is 0 Å². The van der Waals surface area contributed by atoms with Crippen LogP contribution in [0.3, 0.4) is 0 Å². The van der Waals surface area contributed by atoms with Gasteiger partial charge in [-0.3, -0.25) is 9.78 Å². The topological polar surface area (TPSA) is 88.5 Å². The largest absolute Gasteiger partial charge is 0.497 e. The summed E-state index contributed by atoms with van der Waals surface area (Å²) in [5, 5.41) is 12.0. The van der Waals surface area contributed by atoms with Crippen LogP contribution >= 0.6 is 11.6 Å². The van der Waals surface area contributed by atoms with Gasteiger partial charge in [-0.25, -0.2) is 4.79 Å². The van der Waals surface area contributed by atoms with Gasteiger partial charge in [0.05, 0.1) is 18.4 Å². The molecule has 0 aliphatic heterocycles. The molecule has 0 saturated heterocycles. The van der Waals surface area contributed by atoms with E-state index in [1.54, 1.807) is 6.07 Å². The maximum atomic E-state index is 12.0. The van der Waals surface area contributed by atoms with Crippen molar-refractivity contribution in [3.05, 3.63) is 52.8 Å². The van der Waals surface area contributed by atoms with Gasteiger partial charge in [-0.2, -0.15) is 0 Å². The van der Waals surface area contributed by atoms with Crippen molar-refractivity contribution < 1.29 is 19.4 Å². The van der Waals surface area contributed by atoms with Crippen LogP contribution in [0.5, 0.6) is 5.75 Å². The van der Waals surface area contributed by atoms with Gasteiger partial charge in [0.2, 0.25) is 0 Å². The van der Waals surface area contributed by atoms with Crippen LogP contribution in [0.4, 0.5) is 5.69 Å². The number of nitrogens with zero attached hydrogens (tertiary/aromatic N) is 1. The Labute approximate surface area is 125 Å². The first kappa shape index (κ1) is 14.8. The summed E-state index contributed by atoms with van der Waals surface area (Å²) in [6, 6.07) is 7.25. The molecule has 2 rings (SSSR count). The fourth-order valence-electron chi connectivity index (χ4n) is 1.65. The lowest BCUT2D eigenvalue weighted by Crippen LogP contribution is -2.16. The number of hydrogen-bond donors (Lipinski definition) is 2. The van der Waals surface area contributed by atoms with E-state index in [4.69, 9.17) is 21.4 Å². The number of aromatic nitrogens is 1. The van der Waals surface area contributed by atoms with Gasteiger partial charge in [0, 0.05) is 11.2 Å². The molecular weight excluding hydrogens is 296 g/mol. The van der Waals surface area contributed by atoms with Crippen molar-refractivity contribution in [1.29, 1.82) is 0 Å². The smallest absolute Gasteiger partial charge is 0.337 e. The van der Waals surface area contributed by atoms with Crippen molar-refractivity contribution in [3.63, 3.8) is 0 Å². The van der Waals surface area contributed by atoms with Crippen molar-refractivity contribution >= 4 is 29.2 Å². The Morgan fingerprint density at radius 2 is 2.05 bits per heavy atom. The van der Waals surface area contributed by atoms with Crippen LogP contribution in [0.25, 0.3) is 0 Å². The third kappa shape index (κ3) is 3.49. The molecule has 0 radical (unpaired) electrons. The molecule has 0 spiro atoms. The summed E-state index contributed by atoms with van der Waals surface area (Å²) in [4.78, 5) is 27.1. The molecule has 0 atom stereocenters. The Hall–Kier alpha value is -2.60. The predicted octanol–water partition coefficient (Wildman–Crippen LogP) is 2.69. The lowest BCUT2D eigenvalue weighted by Gasteiger charge is -2.09. The Kier molecular flexibility index (Phi) is 4.39. The SMILES string of the molecule is COc1ccc(NC(=O)c2cc(Cl)ccn2)c(C(=O)O)c1. The number of nitrogens with one attached hydrogen (secondary N) is 1. The van der Waals surface area contributed by atoms with E-state index in [1.165, 1.54) is 37.6 Å². The molecule has 1 amide bonds. The maximum absolute atomic E-state index is 12.0. The molecule has 108 valence electrons. The average Bonchev–Trinajstić information content (AvgIpc) is 2.47. The summed E-state index contributed by atoms with van der Waals surface area (Å²) >= 11 is 5.78. The first-order valence-corrected chi connectivity index (χ1v) is 6.23. The average molecular weight is 307 g/mol. The number of carbonyl (C=O) groups is 2. The third-order valence-corrected chi connectivity index (χ3v) is 2.90. The fraction of sp³-hybridized carbons (Fsp3) is 0.0714. The number of methoxy groups -OCH3 is 1. The number of ether oxygens (including phenoxy) is 1. The second-order valence-electron chi connectivity index (χ2n) is 4.03. The minimum atomic E-state index is -1.18. The summed E-state index contributed by atoms with van der Waals surface area (Å²) in [7, 11) is 1.43. The number of anilines is 1. The van der Waals surface area contributed by atoms with Crippen molar-refractivity contribution in [2.75, 3.05) is 12.4 Å². The van der Waals surface area contributed by atoms with Gasteiger partial charge in [0.1, 0.15) is 11.4 Å². The molecule has 7 heteroatoms. The zero-order chi connectivity index (χ0) is 15.4. The highest BCUT2D eigenvalue weighted by Crippen LogP contribution is 2.22. The van der Waals surface area contributed by atoms with Crippen LogP contribution in [0, 0.1) is 0 Å². The van der Waals surface area contributed by atoms with Crippen molar-refractivity contribution in [2.24, 2.45) is 0 Å². The number of halogens is 1. The highest BCUT2D eigenvalue weighted by atomic mass is 35.5. The van der Waals surface area contributed by atoms with Gasteiger partial charge >= 0.3 is 5.97 Å². The van der Waals surface area contributed by atoms with Gasteiger partial charge in [-0.05, 0) is 30.3 Å². The zero-order valence-electron chi connectivity index (χ0n) is 11.0. The van der Waals surface area contributed by atoms with Gasteiger partial charge in [0.15, 0.2) is 0 Å². The van der Waals surface area contributed by atoms with Crippen LogP contribution in [-0.2, 0) is 0 Å². The second kappa shape index (κ2) is 6.23. The molecule has 0 bridgehead atoms. The monoisotopic (exact) mass is 306 g/mol. The molecular formula is C14H11ClN2O4. The van der Waals surface area contributed by atoms with Crippen LogP contribution in [0.1, 0.15) is 20.8 Å². The normalized spacial score (nSPS) is 10.0. The molecule has 0 saturated carbocycles.